The van der Waals surface area contributed by atoms with Crippen LogP contribution in [0.25, 0.3) is 0 Å². The summed E-state index contributed by atoms with van der Waals surface area (Å²) in [5.41, 5.74) is 1.59. The van der Waals surface area contributed by atoms with E-state index in [9.17, 15) is 9.90 Å². The van der Waals surface area contributed by atoms with Gasteiger partial charge in [0.1, 0.15) is 17.4 Å². The summed E-state index contributed by atoms with van der Waals surface area (Å²) >= 11 is 5.83. The average molecular weight is 261 g/mol. The minimum absolute atomic E-state index is 0.0818. The van der Waals surface area contributed by atoms with Crippen LogP contribution >= 0.6 is 11.6 Å². The van der Waals surface area contributed by atoms with E-state index in [0.29, 0.717) is 10.8 Å². The maximum Gasteiger partial charge on any atom is 0.323 e. The zero-order valence-corrected chi connectivity index (χ0v) is 10.0. The van der Waals surface area contributed by atoms with Crippen molar-refractivity contribution in [2.75, 3.05) is 0 Å². The number of rotatable bonds is 1. The minimum Gasteiger partial charge on any atom is -0.508 e. The molecule has 0 fully saturated rings. The van der Waals surface area contributed by atoms with Gasteiger partial charge in [-0.3, -0.25) is 4.79 Å². The normalized spacial score (nSPS) is 17.4. The number of aromatic hydroxyl groups is 1. The number of esters is 1. The predicted octanol–water partition coefficient (Wildman–Crippen LogP) is 3.10. The summed E-state index contributed by atoms with van der Waals surface area (Å²) in [5, 5.41) is 9.99. The first-order valence-electron chi connectivity index (χ1n) is 5.45. The van der Waals surface area contributed by atoms with Crippen molar-refractivity contribution in [1.82, 2.24) is 0 Å². The molecule has 3 nitrogen and oxygen atoms in total. The molecule has 0 amide bonds. The van der Waals surface area contributed by atoms with Crippen LogP contribution in [0.4, 0.5) is 0 Å². The Labute approximate surface area is 109 Å². The lowest BCUT2D eigenvalue weighted by Gasteiger charge is -2.07. The number of phenolic OH excluding ortho intramolecular Hbond substituents is 1. The molecule has 1 heterocycles. The van der Waals surface area contributed by atoms with E-state index in [0.717, 1.165) is 11.1 Å². The lowest BCUT2D eigenvalue weighted by molar-refractivity contribution is -0.133. The largest absolute Gasteiger partial charge is 0.508 e. The van der Waals surface area contributed by atoms with Crippen LogP contribution in [0.2, 0.25) is 5.02 Å². The number of hydrogen-bond acceptors (Lipinski definition) is 3. The third kappa shape index (κ3) is 1.73. The smallest absolute Gasteiger partial charge is 0.323 e. The Bertz CT molecular complexity index is 619. The summed E-state index contributed by atoms with van der Waals surface area (Å²) < 4.78 is 5.15. The number of carbonyl (C=O) groups is 1. The first-order valence-corrected chi connectivity index (χ1v) is 5.83. The van der Waals surface area contributed by atoms with Gasteiger partial charge in [-0.25, -0.2) is 0 Å². The molecule has 0 saturated heterocycles. The molecular weight excluding hydrogens is 252 g/mol. The molecule has 0 radical (unpaired) electrons. The highest BCUT2D eigenvalue weighted by molar-refractivity contribution is 6.30. The number of ether oxygens (including phenoxy) is 1. The molecule has 90 valence electrons. The maximum atomic E-state index is 11.9. The molecule has 0 bridgehead atoms. The van der Waals surface area contributed by atoms with Crippen molar-refractivity contribution >= 4 is 17.6 Å². The maximum absolute atomic E-state index is 11.9. The molecule has 1 N–H and O–H groups in total. The van der Waals surface area contributed by atoms with Gasteiger partial charge in [-0.05, 0) is 23.8 Å². The average Bonchev–Trinajstić information content (AvgIpc) is 2.65. The Hall–Kier alpha value is -2.00. The van der Waals surface area contributed by atoms with Gasteiger partial charge >= 0.3 is 5.97 Å². The van der Waals surface area contributed by atoms with Gasteiger partial charge in [-0.2, -0.15) is 0 Å². The first-order chi connectivity index (χ1) is 8.65. The van der Waals surface area contributed by atoms with E-state index in [4.69, 9.17) is 16.3 Å². The Morgan fingerprint density at radius 1 is 1.11 bits per heavy atom. The van der Waals surface area contributed by atoms with E-state index in [-0.39, 0.29) is 11.7 Å². The fraction of sp³-hybridized carbons (Fsp3) is 0.0714. The number of carbonyl (C=O) groups excluding carboxylic acids is 1. The zero-order chi connectivity index (χ0) is 12.7. The lowest BCUT2D eigenvalue weighted by atomic mass is 9.93. The van der Waals surface area contributed by atoms with Gasteiger partial charge in [0.05, 0.1) is 0 Å². The lowest BCUT2D eigenvalue weighted by Crippen LogP contribution is -2.11. The number of hydrogen-bond donors (Lipinski definition) is 1. The van der Waals surface area contributed by atoms with Crippen LogP contribution in [-0.2, 0) is 4.79 Å². The standard InChI is InChI=1S/C14H9ClO3/c15-9-3-1-8(2-4-9)13-11-6-5-10(16)7-12(11)18-14(13)17/h1-7,13,16H. The van der Waals surface area contributed by atoms with Crippen molar-refractivity contribution < 1.29 is 14.6 Å². The molecule has 4 heteroatoms. The zero-order valence-electron chi connectivity index (χ0n) is 9.26. The van der Waals surface area contributed by atoms with E-state index >= 15 is 0 Å². The van der Waals surface area contributed by atoms with E-state index in [1.165, 1.54) is 6.07 Å². The first kappa shape index (κ1) is 11.1. The second-order valence-electron chi connectivity index (χ2n) is 4.13. The molecule has 0 aromatic heterocycles. The monoisotopic (exact) mass is 260 g/mol. The third-order valence-corrected chi connectivity index (χ3v) is 3.21. The second kappa shape index (κ2) is 4.03. The second-order valence-corrected chi connectivity index (χ2v) is 4.56. The van der Waals surface area contributed by atoms with Crippen LogP contribution in [0.3, 0.4) is 0 Å². The Morgan fingerprint density at radius 3 is 2.56 bits per heavy atom. The molecule has 2 aromatic carbocycles. The van der Waals surface area contributed by atoms with Crippen LogP contribution in [0, 0.1) is 0 Å². The van der Waals surface area contributed by atoms with Crippen LogP contribution < -0.4 is 4.74 Å². The van der Waals surface area contributed by atoms with Crippen molar-refractivity contribution in [3.63, 3.8) is 0 Å². The van der Waals surface area contributed by atoms with Crippen LogP contribution in [0.5, 0.6) is 11.5 Å². The molecule has 1 aliphatic heterocycles. The van der Waals surface area contributed by atoms with Gasteiger partial charge in [0.15, 0.2) is 0 Å². The Balaban J connectivity index is 2.09. The highest BCUT2D eigenvalue weighted by Gasteiger charge is 2.34. The van der Waals surface area contributed by atoms with Gasteiger partial charge in [-0.15, -0.1) is 0 Å². The summed E-state index contributed by atoms with van der Waals surface area (Å²) in [6.07, 6.45) is 0. The molecule has 2 aromatic rings. The highest BCUT2D eigenvalue weighted by atomic mass is 35.5. The summed E-state index contributed by atoms with van der Waals surface area (Å²) in [7, 11) is 0. The summed E-state index contributed by atoms with van der Waals surface area (Å²) in [6.45, 7) is 0. The van der Waals surface area contributed by atoms with Crippen molar-refractivity contribution in [3.8, 4) is 11.5 Å². The quantitative estimate of drug-likeness (QED) is 0.633. The van der Waals surface area contributed by atoms with Crippen molar-refractivity contribution in [3.05, 3.63) is 58.6 Å². The molecule has 0 saturated carbocycles. The molecule has 3 rings (SSSR count). The molecule has 1 atom stereocenters. The van der Waals surface area contributed by atoms with E-state index < -0.39 is 5.92 Å². The van der Waals surface area contributed by atoms with E-state index in [2.05, 4.69) is 0 Å². The Kier molecular flexibility index (Phi) is 2.49. The molecule has 0 aliphatic carbocycles. The molecule has 0 spiro atoms. The number of fused-ring (bicyclic) bond motifs is 1. The predicted molar refractivity (Wildman–Crippen MR) is 67.0 cm³/mol. The molecule has 1 unspecified atom stereocenters. The van der Waals surface area contributed by atoms with Crippen LogP contribution in [0.15, 0.2) is 42.5 Å². The van der Waals surface area contributed by atoms with Crippen LogP contribution in [0.1, 0.15) is 17.0 Å². The minimum atomic E-state index is -0.446. The highest BCUT2D eigenvalue weighted by Crippen LogP contribution is 2.40. The summed E-state index contributed by atoms with van der Waals surface area (Å²) in [6, 6.07) is 11.8. The number of halogens is 1. The van der Waals surface area contributed by atoms with Gasteiger partial charge in [0.25, 0.3) is 0 Å². The van der Waals surface area contributed by atoms with Gasteiger partial charge in [-0.1, -0.05) is 29.8 Å². The van der Waals surface area contributed by atoms with Crippen molar-refractivity contribution in [2.45, 2.75) is 5.92 Å². The van der Waals surface area contributed by atoms with E-state index in [1.54, 1.807) is 36.4 Å². The third-order valence-electron chi connectivity index (χ3n) is 2.96. The fourth-order valence-electron chi connectivity index (χ4n) is 2.12. The SMILES string of the molecule is O=C1Oc2cc(O)ccc2C1c1ccc(Cl)cc1. The number of phenols is 1. The topological polar surface area (TPSA) is 46.5 Å². The van der Waals surface area contributed by atoms with Gasteiger partial charge in [0.2, 0.25) is 0 Å². The van der Waals surface area contributed by atoms with Crippen LogP contribution in [-0.4, -0.2) is 11.1 Å². The number of benzene rings is 2. The molecule has 18 heavy (non-hydrogen) atoms. The van der Waals surface area contributed by atoms with Crippen molar-refractivity contribution in [1.29, 1.82) is 0 Å². The molecule has 1 aliphatic rings. The van der Waals surface area contributed by atoms with E-state index in [1.807, 2.05) is 0 Å². The molecular formula is C14H9ClO3. The fourth-order valence-corrected chi connectivity index (χ4v) is 2.24. The van der Waals surface area contributed by atoms with Gasteiger partial charge < -0.3 is 9.84 Å². The summed E-state index contributed by atoms with van der Waals surface area (Å²) in [5.74, 6) is -0.283. The Morgan fingerprint density at radius 2 is 1.83 bits per heavy atom. The van der Waals surface area contributed by atoms with Gasteiger partial charge in [0, 0.05) is 16.7 Å². The van der Waals surface area contributed by atoms with Crippen molar-refractivity contribution in [2.24, 2.45) is 0 Å². The summed E-state index contributed by atoms with van der Waals surface area (Å²) in [4.78, 5) is 11.9.